The molecule has 0 aromatic heterocycles. The summed E-state index contributed by atoms with van der Waals surface area (Å²) in [6.45, 7) is 1.68. The summed E-state index contributed by atoms with van der Waals surface area (Å²) in [6.07, 6.45) is 3.95. The van der Waals surface area contributed by atoms with Crippen molar-refractivity contribution in [2.24, 2.45) is 4.99 Å². The topological polar surface area (TPSA) is 44.7 Å². The van der Waals surface area contributed by atoms with Crippen molar-refractivity contribution in [2.45, 2.75) is 18.9 Å². The molecule has 0 aromatic rings. The maximum atomic E-state index is 11.8. The van der Waals surface area contributed by atoms with Gasteiger partial charge in [0.25, 0.3) is 5.91 Å². The van der Waals surface area contributed by atoms with Gasteiger partial charge in [0, 0.05) is 13.1 Å². The van der Waals surface area contributed by atoms with Crippen LogP contribution in [-0.2, 0) is 4.79 Å². The molecule has 78 valence electrons. The first-order valence-electron chi connectivity index (χ1n) is 4.94. The van der Waals surface area contributed by atoms with Gasteiger partial charge in [-0.2, -0.15) is 11.8 Å². The van der Waals surface area contributed by atoms with E-state index in [0.717, 1.165) is 37.6 Å². The van der Waals surface area contributed by atoms with E-state index in [4.69, 9.17) is 0 Å². The van der Waals surface area contributed by atoms with E-state index < -0.39 is 0 Å². The van der Waals surface area contributed by atoms with E-state index in [0.29, 0.717) is 0 Å². The Morgan fingerprint density at radius 2 is 2.57 bits per heavy atom. The van der Waals surface area contributed by atoms with Crippen LogP contribution >= 0.6 is 11.8 Å². The summed E-state index contributed by atoms with van der Waals surface area (Å²) in [5.41, 5.74) is 0. The molecule has 2 rings (SSSR count). The first-order valence-corrected chi connectivity index (χ1v) is 6.33. The summed E-state index contributed by atoms with van der Waals surface area (Å²) < 4.78 is 0. The Bertz CT molecular complexity index is 267. The van der Waals surface area contributed by atoms with Crippen LogP contribution < -0.4 is 5.32 Å². The summed E-state index contributed by atoms with van der Waals surface area (Å²) >= 11 is 1.77. The number of nitrogens with one attached hydrogen (secondary N) is 1. The summed E-state index contributed by atoms with van der Waals surface area (Å²) in [4.78, 5) is 17.9. The predicted octanol–water partition coefficient (Wildman–Crippen LogP) is 0.300. The number of amides is 1. The quantitative estimate of drug-likeness (QED) is 0.733. The van der Waals surface area contributed by atoms with Gasteiger partial charge >= 0.3 is 0 Å². The molecular weight excluding hydrogens is 198 g/mol. The van der Waals surface area contributed by atoms with Crippen LogP contribution in [0.1, 0.15) is 12.8 Å². The number of carbonyl (C=O) groups excluding carboxylic acids is 1. The first kappa shape index (κ1) is 9.83. The largest absolute Gasteiger partial charge is 0.344 e. The molecule has 2 aliphatic heterocycles. The van der Waals surface area contributed by atoms with Gasteiger partial charge in [-0.15, -0.1) is 0 Å². The van der Waals surface area contributed by atoms with Crippen molar-refractivity contribution in [2.75, 3.05) is 25.1 Å². The van der Waals surface area contributed by atoms with Gasteiger partial charge in [-0.05, 0) is 24.9 Å². The first-order chi connectivity index (χ1) is 6.83. The standard InChI is InChI=1S/C9H15N3OS/c1-14-6-3-7-8(13)12-5-2-4-10-9(12)11-7/h7H,2-6H2,1H3,(H,10,11)/t7-/m1/s1. The number of thioether (sulfide) groups is 1. The van der Waals surface area contributed by atoms with Crippen molar-refractivity contribution >= 4 is 23.6 Å². The Kier molecular flexibility index (Phi) is 2.96. The number of rotatable bonds is 3. The highest BCUT2D eigenvalue weighted by molar-refractivity contribution is 7.98. The highest BCUT2D eigenvalue weighted by Crippen LogP contribution is 2.14. The fraction of sp³-hybridized carbons (Fsp3) is 0.778. The second-order valence-electron chi connectivity index (χ2n) is 3.53. The third-order valence-electron chi connectivity index (χ3n) is 2.54. The average Bonchev–Trinajstić information content (AvgIpc) is 2.54. The number of hydrogen-bond acceptors (Lipinski definition) is 4. The maximum Gasteiger partial charge on any atom is 0.251 e. The number of hydrogen-bond donors (Lipinski definition) is 1. The van der Waals surface area contributed by atoms with Crippen LogP contribution in [0.15, 0.2) is 4.99 Å². The fourth-order valence-electron chi connectivity index (χ4n) is 1.78. The normalized spacial score (nSPS) is 25.8. The molecule has 14 heavy (non-hydrogen) atoms. The van der Waals surface area contributed by atoms with Crippen LogP contribution in [0.5, 0.6) is 0 Å². The Hall–Kier alpha value is -0.710. The highest BCUT2D eigenvalue weighted by Gasteiger charge is 2.36. The summed E-state index contributed by atoms with van der Waals surface area (Å²) in [6, 6.07) is -0.0284. The van der Waals surface area contributed by atoms with Gasteiger partial charge in [-0.1, -0.05) is 0 Å². The average molecular weight is 213 g/mol. The van der Waals surface area contributed by atoms with E-state index in [2.05, 4.69) is 16.6 Å². The van der Waals surface area contributed by atoms with Crippen molar-refractivity contribution in [1.82, 2.24) is 10.2 Å². The van der Waals surface area contributed by atoms with Crippen molar-refractivity contribution in [1.29, 1.82) is 0 Å². The monoisotopic (exact) mass is 213 g/mol. The molecule has 1 N–H and O–H groups in total. The number of fused-ring (bicyclic) bond motifs is 1. The SMILES string of the molecule is CSCC[C@H]1NC2=NCCCN2C1=O. The highest BCUT2D eigenvalue weighted by atomic mass is 32.2. The van der Waals surface area contributed by atoms with E-state index in [9.17, 15) is 4.79 Å². The van der Waals surface area contributed by atoms with E-state index in [1.54, 1.807) is 16.7 Å². The molecule has 1 atom stereocenters. The lowest BCUT2D eigenvalue weighted by molar-refractivity contribution is -0.127. The Balaban J connectivity index is 2.00. The molecule has 0 aliphatic carbocycles. The molecule has 2 aliphatic rings. The third-order valence-corrected chi connectivity index (χ3v) is 3.18. The number of carbonyl (C=O) groups is 1. The van der Waals surface area contributed by atoms with E-state index in [1.165, 1.54) is 0 Å². The third kappa shape index (κ3) is 1.73. The number of guanidine groups is 1. The lowest BCUT2D eigenvalue weighted by Crippen LogP contribution is -2.36. The molecule has 0 spiro atoms. The van der Waals surface area contributed by atoms with Crippen LogP contribution in [0.2, 0.25) is 0 Å². The molecule has 0 unspecified atom stereocenters. The minimum Gasteiger partial charge on any atom is -0.344 e. The van der Waals surface area contributed by atoms with E-state index in [1.807, 2.05) is 0 Å². The molecule has 0 bridgehead atoms. The van der Waals surface area contributed by atoms with Crippen LogP contribution in [0.3, 0.4) is 0 Å². The molecule has 4 nitrogen and oxygen atoms in total. The van der Waals surface area contributed by atoms with E-state index in [-0.39, 0.29) is 11.9 Å². The lowest BCUT2D eigenvalue weighted by Gasteiger charge is -2.18. The molecule has 2 heterocycles. The van der Waals surface area contributed by atoms with Crippen molar-refractivity contribution in [3.8, 4) is 0 Å². The Morgan fingerprint density at radius 3 is 3.29 bits per heavy atom. The maximum absolute atomic E-state index is 11.8. The van der Waals surface area contributed by atoms with Gasteiger partial charge in [0.2, 0.25) is 5.96 Å². The van der Waals surface area contributed by atoms with Crippen molar-refractivity contribution < 1.29 is 4.79 Å². The zero-order valence-corrected chi connectivity index (χ0v) is 9.14. The minimum absolute atomic E-state index is 0.0284. The molecule has 1 amide bonds. The van der Waals surface area contributed by atoms with Crippen LogP contribution in [0, 0.1) is 0 Å². The second kappa shape index (κ2) is 4.21. The van der Waals surface area contributed by atoms with Gasteiger partial charge in [-0.25, -0.2) is 0 Å². The second-order valence-corrected chi connectivity index (χ2v) is 4.51. The van der Waals surface area contributed by atoms with Crippen molar-refractivity contribution in [3.63, 3.8) is 0 Å². The molecular formula is C9H15N3OS. The lowest BCUT2D eigenvalue weighted by atomic mass is 10.2. The zero-order valence-electron chi connectivity index (χ0n) is 8.32. The molecule has 5 heteroatoms. The molecule has 0 radical (unpaired) electrons. The van der Waals surface area contributed by atoms with Crippen LogP contribution in [0.4, 0.5) is 0 Å². The van der Waals surface area contributed by atoms with Gasteiger partial charge < -0.3 is 5.32 Å². The molecule has 0 aromatic carbocycles. The number of aliphatic imine (C=N–C) groups is 1. The number of nitrogens with zero attached hydrogens (tertiary/aromatic N) is 2. The summed E-state index contributed by atoms with van der Waals surface area (Å²) in [5, 5.41) is 3.19. The molecule has 0 saturated carbocycles. The summed E-state index contributed by atoms with van der Waals surface area (Å²) in [7, 11) is 0. The minimum atomic E-state index is -0.0284. The zero-order chi connectivity index (χ0) is 9.97. The van der Waals surface area contributed by atoms with Gasteiger partial charge in [0.05, 0.1) is 0 Å². The van der Waals surface area contributed by atoms with Gasteiger partial charge in [0.15, 0.2) is 0 Å². The predicted molar refractivity (Wildman–Crippen MR) is 58.6 cm³/mol. The Labute approximate surface area is 88.1 Å². The fourth-order valence-corrected chi connectivity index (χ4v) is 2.25. The molecule has 1 saturated heterocycles. The van der Waals surface area contributed by atoms with Gasteiger partial charge in [0.1, 0.15) is 6.04 Å². The molecule has 1 fully saturated rings. The van der Waals surface area contributed by atoms with Crippen LogP contribution in [-0.4, -0.2) is 47.9 Å². The smallest absolute Gasteiger partial charge is 0.251 e. The van der Waals surface area contributed by atoms with E-state index >= 15 is 0 Å². The van der Waals surface area contributed by atoms with Crippen molar-refractivity contribution in [3.05, 3.63) is 0 Å². The summed E-state index contributed by atoms with van der Waals surface area (Å²) in [5.74, 6) is 2.02. The van der Waals surface area contributed by atoms with Crippen LogP contribution in [0.25, 0.3) is 0 Å². The Morgan fingerprint density at radius 1 is 1.71 bits per heavy atom. The van der Waals surface area contributed by atoms with Gasteiger partial charge in [-0.3, -0.25) is 14.7 Å².